The molecule has 2 N–H and O–H groups in total. The summed E-state index contributed by atoms with van der Waals surface area (Å²) in [6, 6.07) is 8.94. The second-order valence-corrected chi connectivity index (χ2v) is 5.78. The van der Waals surface area contributed by atoms with Gasteiger partial charge in [-0.15, -0.1) is 6.58 Å². The maximum absolute atomic E-state index is 12.0. The van der Waals surface area contributed by atoms with Gasteiger partial charge in [0.2, 0.25) is 5.91 Å². The van der Waals surface area contributed by atoms with E-state index in [1.165, 1.54) is 0 Å². The highest BCUT2D eigenvalue weighted by molar-refractivity contribution is 5.83. The lowest BCUT2D eigenvalue weighted by atomic mass is 9.82. The summed E-state index contributed by atoms with van der Waals surface area (Å²) in [4.78, 5) is 23.7. The molecule has 0 fully saturated rings. The zero-order valence-corrected chi connectivity index (χ0v) is 12.8. The average Bonchev–Trinajstić information content (AvgIpc) is 2.44. The molecule has 114 valence electrons. The van der Waals surface area contributed by atoms with Crippen molar-refractivity contribution in [2.75, 3.05) is 6.54 Å². The van der Waals surface area contributed by atoms with Crippen LogP contribution in [0.5, 0.6) is 0 Å². The molecule has 0 aliphatic heterocycles. The summed E-state index contributed by atoms with van der Waals surface area (Å²) in [5, 5.41) is 12.3. The lowest BCUT2D eigenvalue weighted by Gasteiger charge is -2.26. The van der Waals surface area contributed by atoms with Crippen LogP contribution in [0.4, 0.5) is 0 Å². The van der Waals surface area contributed by atoms with Crippen LogP contribution in [-0.4, -0.2) is 23.5 Å². The van der Waals surface area contributed by atoms with Gasteiger partial charge in [0.15, 0.2) is 0 Å². The van der Waals surface area contributed by atoms with Crippen LogP contribution in [0.15, 0.2) is 42.5 Å². The van der Waals surface area contributed by atoms with E-state index in [2.05, 4.69) is 11.9 Å². The van der Waals surface area contributed by atoms with Crippen LogP contribution >= 0.6 is 0 Å². The van der Waals surface area contributed by atoms with Crippen molar-refractivity contribution in [3.63, 3.8) is 0 Å². The van der Waals surface area contributed by atoms with Crippen molar-refractivity contribution < 1.29 is 14.7 Å². The van der Waals surface area contributed by atoms with E-state index in [-0.39, 0.29) is 18.4 Å². The van der Waals surface area contributed by atoms with Crippen molar-refractivity contribution >= 4 is 11.9 Å². The Morgan fingerprint density at radius 2 is 1.90 bits per heavy atom. The zero-order valence-electron chi connectivity index (χ0n) is 12.8. The molecular weight excluding hydrogens is 266 g/mol. The zero-order chi connectivity index (χ0) is 16.0. The van der Waals surface area contributed by atoms with Gasteiger partial charge in [0.05, 0.1) is 0 Å². The van der Waals surface area contributed by atoms with Gasteiger partial charge in [0.1, 0.15) is 5.41 Å². The third-order valence-electron chi connectivity index (χ3n) is 3.60. The first-order valence-corrected chi connectivity index (χ1v) is 6.98. The Morgan fingerprint density at radius 3 is 2.38 bits per heavy atom. The fourth-order valence-electron chi connectivity index (χ4n) is 2.16. The van der Waals surface area contributed by atoms with Gasteiger partial charge in [-0.25, -0.2) is 0 Å². The largest absolute Gasteiger partial charge is 0.481 e. The van der Waals surface area contributed by atoms with Crippen molar-refractivity contribution in [2.45, 2.75) is 32.6 Å². The number of benzene rings is 1. The lowest BCUT2D eigenvalue weighted by Crippen LogP contribution is -2.45. The number of amides is 1. The Kier molecular flexibility index (Phi) is 5.70. The van der Waals surface area contributed by atoms with Gasteiger partial charge in [0, 0.05) is 12.5 Å². The quantitative estimate of drug-likeness (QED) is 0.758. The smallest absolute Gasteiger partial charge is 0.315 e. The molecule has 4 heteroatoms. The van der Waals surface area contributed by atoms with Crippen LogP contribution in [0.3, 0.4) is 0 Å². The van der Waals surface area contributed by atoms with E-state index >= 15 is 0 Å². The SMILES string of the molecule is C=C(C)CC(C)C(=O)NCC(C)(C(=O)O)c1ccccc1. The van der Waals surface area contributed by atoms with Crippen molar-refractivity contribution in [1.82, 2.24) is 5.32 Å². The van der Waals surface area contributed by atoms with Crippen LogP contribution in [0, 0.1) is 5.92 Å². The monoisotopic (exact) mass is 289 g/mol. The molecule has 0 aromatic heterocycles. The predicted octanol–water partition coefficient (Wildman–Crippen LogP) is 2.75. The Hall–Kier alpha value is -2.10. The van der Waals surface area contributed by atoms with Crippen LogP contribution < -0.4 is 5.32 Å². The van der Waals surface area contributed by atoms with Crippen molar-refractivity contribution in [2.24, 2.45) is 5.92 Å². The number of nitrogens with one attached hydrogen (secondary N) is 1. The fourth-order valence-corrected chi connectivity index (χ4v) is 2.16. The van der Waals surface area contributed by atoms with E-state index < -0.39 is 11.4 Å². The van der Waals surface area contributed by atoms with Gasteiger partial charge >= 0.3 is 5.97 Å². The molecule has 1 amide bonds. The predicted molar refractivity (Wildman–Crippen MR) is 83.0 cm³/mol. The molecule has 0 heterocycles. The molecule has 0 aliphatic rings. The number of rotatable bonds is 7. The van der Waals surface area contributed by atoms with E-state index in [4.69, 9.17) is 0 Å². The average molecular weight is 289 g/mol. The highest BCUT2D eigenvalue weighted by Gasteiger charge is 2.35. The molecule has 1 rings (SSSR count). The number of hydrogen-bond acceptors (Lipinski definition) is 2. The summed E-state index contributed by atoms with van der Waals surface area (Å²) < 4.78 is 0. The number of allylic oxidation sites excluding steroid dienone is 1. The van der Waals surface area contributed by atoms with Gasteiger partial charge in [-0.05, 0) is 25.8 Å². The van der Waals surface area contributed by atoms with E-state index in [1.807, 2.05) is 19.9 Å². The molecule has 0 radical (unpaired) electrons. The minimum absolute atomic E-state index is 0.0612. The normalized spacial score (nSPS) is 14.8. The minimum Gasteiger partial charge on any atom is -0.481 e. The van der Waals surface area contributed by atoms with E-state index in [1.54, 1.807) is 31.2 Å². The summed E-state index contributed by atoms with van der Waals surface area (Å²) in [5.74, 6) is -1.32. The second-order valence-electron chi connectivity index (χ2n) is 5.78. The first-order chi connectivity index (χ1) is 9.77. The third-order valence-corrected chi connectivity index (χ3v) is 3.60. The first-order valence-electron chi connectivity index (χ1n) is 6.98. The van der Waals surface area contributed by atoms with Gasteiger partial charge in [-0.3, -0.25) is 9.59 Å². The molecule has 0 bridgehead atoms. The summed E-state index contributed by atoms with van der Waals surface area (Å²) in [6.07, 6.45) is 0.598. The molecule has 2 unspecified atom stereocenters. The number of carbonyl (C=O) groups is 2. The summed E-state index contributed by atoms with van der Waals surface area (Å²) >= 11 is 0. The molecular formula is C17H23NO3. The molecule has 1 aromatic carbocycles. The number of carboxylic acid groups (broad SMARTS) is 1. The van der Waals surface area contributed by atoms with Crippen molar-refractivity contribution in [1.29, 1.82) is 0 Å². The number of aliphatic carboxylic acids is 1. The molecule has 0 spiro atoms. The first kappa shape index (κ1) is 17.0. The number of carbonyl (C=O) groups excluding carboxylic acids is 1. The highest BCUT2D eigenvalue weighted by Crippen LogP contribution is 2.23. The van der Waals surface area contributed by atoms with Gasteiger partial charge < -0.3 is 10.4 Å². The molecule has 1 aromatic rings. The standard InChI is InChI=1S/C17H23NO3/c1-12(2)10-13(3)15(19)18-11-17(4,16(20)21)14-8-6-5-7-9-14/h5-9,13H,1,10-11H2,2-4H3,(H,18,19)(H,20,21). The molecule has 21 heavy (non-hydrogen) atoms. The van der Waals surface area contributed by atoms with Gasteiger partial charge in [0.25, 0.3) is 0 Å². The maximum atomic E-state index is 12.0. The Balaban J connectivity index is 2.79. The summed E-state index contributed by atoms with van der Waals surface area (Å²) in [5.41, 5.74) is 0.465. The van der Waals surface area contributed by atoms with Crippen LogP contribution in [0.2, 0.25) is 0 Å². The number of carboxylic acids is 1. The second kappa shape index (κ2) is 7.07. The van der Waals surface area contributed by atoms with Crippen LogP contribution in [0.1, 0.15) is 32.8 Å². The number of hydrogen-bond donors (Lipinski definition) is 2. The maximum Gasteiger partial charge on any atom is 0.315 e. The fraction of sp³-hybridized carbons (Fsp3) is 0.412. The summed E-state index contributed by atoms with van der Waals surface area (Å²) in [6.45, 7) is 9.15. The molecule has 0 aliphatic carbocycles. The molecule has 0 saturated heterocycles. The molecule has 4 nitrogen and oxygen atoms in total. The Morgan fingerprint density at radius 1 is 1.33 bits per heavy atom. The Bertz CT molecular complexity index is 524. The minimum atomic E-state index is -1.14. The lowest BCUT2D eigenvalue weighted by molar-refractivity contribution is -0.143. The van der Waals surface area contributed by atoms with E-state index in [0.29, 0.717) is 12.0 Å². The third kappa shape index (κ3) is 4.45. The Labute approximate surface area is 125 Å². The van der Waals surface area contributed by atoms with Crippen molar-refractivity contribution in [3.8, 4) is 0 Å². The van der Waals surface area contributed by atoms with Gasteiger partial charge in [-0.2, -0.15) is 0 Å². The van der Waals surface area contributed by atoms with Crippen LogP contribution in [0.25, 0.3) is 0 Å². The topological polar surface area (TPSA) is 66.4 Å². The van der Waals surface area contributed by atoms with Gasteiger partial charge in [-0.1, -0.05) is 42.8 Å². The van der Waals surface area contributed by atoms with Crippen LogP contribution in [-0.2, 0) is 15.0 Å². The summed E-state index contributed by atoms with van der Waals surface area (Å²) in [7, 11) is 0. The molecule has 0 saturated carbocycles. The van der Waals surface area contributed by atoms with E-state index in [0.717, 1.165) is 5.57 Å². The highest BCUT2D eigenvalue weighted by atomic mass is 16.4. The van der Waals surface area contributed by atoms with E-state index in [9.17, 15) is 14.7 Å². The molecule has 2 atom stereocenters. The van der Waals surface area contributed by atoms with Crippen molar-refractivity contribution in [3.05, 3.63) is 48.0 Å².